The molecule has 82 valence electrons. The summed E-state index contributed by atoms with van der Waals surface area (Å²) in [6.45, 7) is 4.34. The molecule has 0 aromatic carbocycles. The SMILES string of the molecule is CC1(C)SCC1NC(=O)c1sccc1I. The van der Waals surface area contributed by atoms with Gasteiger partial charge in [0.1, 0.15) is 4.88 Å². The van der Waals surface area contributed by atoms with Crippen LogP contribution in [-0.4, -0.2) is 22.4 Å². The summed E-state index contributed by atoms with van der Waals surface area (Å²) in [7, 11) is 0. The number of rotatable bonds is 2. The fourth-order valence-electron chi connectivity index (χ4n) is 1.40. The number of thioether (sulfide) groups is 1. The van der Waals surface area contributed by atoms with E-state index >= 15 is 0 Å². The first kappa shape index (κ1) is 11.7. The third-order valence-electron chi connectivity index (χ3n) is 2.59. The van der Waals surface area contributed by atoms with E-state index in [1.165, 1.54) is 11.3 Å². The Hall–Kier alpha value is 0.250. The molecule has 1 saturated heterocycles. The van der Waals surface area contributed by atoms with Crippen LogP contribution in [-0.2, 0) is 0 Å². The molecule has 15 heavy (non-hydrogen) atoms. The van der Waals surface area contributed by atoms with Crippen molar-refractivity contribution in [2.45, 2.75) is 24.6 Å². The van der Waals surface area contributed by atoms with Gasteiger partial charge in [-0.1, -0.05) is 0 Å². The molecule has 5 heteroatoms. The van der Waals surface area contributed by atoms with E-state index in [1.54, 1.807) is 0 Å². The maximum atomic E-state index is 11.9. The average Bonchev–Trinajstić information content (AvgIpc) is 2.59. The Labute approximate surface area is 111 Å². The lowest BCUT2D eigenvalue weighted by Crippen LogP contribution is -2.56. The van der Waals surface area contributed by atoms with Crippen molar-refractivity contribution in [2.75, 3.05) is 5.75 Å². The van der Waals surface area contributed by atoms with Crippen molar-refractivity contribution in [2.24, 2.45) is 0 Å². The Morgan fingerprint density at radius 2 is 2.40 bits per heavy atom. The summed E-state index contributed by atoms with van der Waals surface area (Å²) in [6, 6.07) is 2.29. The second-order valence-electron chi connectivity index (χ2n) is 4.04. The zero-order chi connectivity index (χ0) is 11.1. The molecular formula is C10H12INOS2. The molecule has 0 aliphatic carbocycles. The molecule has 0 radical (unpaired) electrons. The van der Waals surface area contributed by atoms with Gasteiger partial charge >= 0.3 is 0 Å². The Morgan fingerprint density at radius 3 is 2.80 bits per heavy atom. The van der Waals surface area contributed by atoms with Crippen LogP contribution >= 0.6 is 45.7 Å². The highest BCUT2D eigenvalue weighted by atomic mass is 127. The largest absolute Gasteiger partial charge is 0.346 e. The van der Waals surface area contributed by atoms with Crippen molar-refractivity contribution < 1.29 is 4.79 Å². The molecule has 1 aromatic rings. The molecule has 2 heterocycles. The molecule has 0 spiro atoms. The summed E-state index contributed by atoms with van der Waals surface area (Å²) >= 11 is 5.61. The summed E-state index contributed by atoms with van der Waals surface area (Å²) in [5.74, 6) is 1.11. The van der Waals surface area contributed by atoms with E-state index in [-0.39, 0.29) is 10.7 Å². The van der Waals surface area contributed by atoms with Gasteiger partial charge in [0.05, 0.1) is 6.04 Å². The van der Waals surface area contributed by atoms with Crippen LogP contribution in [0.1, 0.15) is 23.5 Å². The van der Waals surface area contributed by atoms with E-state index in [9.17, 15) is 4.79 Å². The quantitative estimate of drug-likeness (QED) is 0.829. The van der Waals surface area contributed by atoms with Crippen LogP contribution in [0.5, 0.6) is 0 Å². The van der Waals surface area contributed by atoms with Gasteiger partial charge < -0.3 is 5.32 Å². The van der Waals surface area contributed by atoms with E-state index in [2.05, 4.69) is 41.8 Å². The van der Waals surface area contributed by atoms with Crippen molar-refractivity contribution in [3.63, 3.8) is 0 Å². The second-order valence-corrected chi connectivity index (χ2v) is 7.79. The van der Waals surface area contributed by atoms with Crippen molar-refractivity contribution in [1.29, 1.82) is 0 Å². The van der Waals surface area contributed by atoms with Crippen molar-refractivity contribution in [3.05, 3.63) is 19.9 Å². The minimum absolute atomic E-state index is 0.0766. The summed E-state index contributed by atoms with van der Waals surface area (Å²) in [4.78, 5) is 12.7. The Bertz CT molecular complexity index is 389. The lowest BCUT2D eigenvalue weighted by Gasteiger charge is -2.43. The van der Waals surface area contributed by atoms with Crippen LogP contribution in [0.3, 0.4) is 0 Å². The number of thiophene rings is 1. The predicted molar refractivity (Wildman–Crippen MR) is 74.8 cm³/mol. The van der Waals surface area contributed by atoms with Crippen molar-refractivity contribution in [1.82, 2.24) is 5.32 Å². The van der Waals surface area contributed by atoms with Gasteiger partial charge in [-0.25, -0.2) is 0 Å². The standard InChI is InChI=1S/C10H12INOS2/c1-10(2)7(5-15-10)12-9(13)8-6(11)3-4-14-8/h3-4,7H,5H2,1-2H3,(H,12,13). The predicted octanol–water partition coefficient (Wildman–Crippen LogP) is 2.98. The van der Waals surface area contributed by atoms with E-state index in [0.29, 0.717) is 6.04 Å². The molecule has 1 atom stereocenters. The van der Waals surface area contributed by atoms with Gasteiger partial charge in [0.15, 0.2) is 0 Å². The minimum Gasteiger partial charge on any atom is -0.346 e. The fourth-order valence-corrected chi connectivity index (χ4v) is 4.27. The van der Waals surface area contributed by atoms with Crippen molar-refractivity contribution in [3.8, 4) is 0 Å². The normalized spacial score (nSPS) is 23.3. The van der Waals surface area contributed by atoms with Crippen LogP contribution in [0.25, 0.3) is 0 Å². The van der Waals surface area contributed by atoms with E-state index < -0.39 is 0 Å². The fraction of sp³-hybridized carbons (Fsp3) is 0.500. The summed E-state index contributed by atoms with van der Waals surface area (Å²) in [5.41, 5.74) is 0. The number of hydrogen-bond donors (Lipinski definition) is 1. The molecular weight excluding hydrogens is 341 g/mol. The first-order valence-electron chi connectivity index (χ1n) is 4.68. The van der Waals surface area contributed by atoms with E-state index in [1.807, 2.05) is 23.2 Å². The van der Waals surface area contributed by atoms with Crippen LogP contribution < -0.4 is 5.32 Å². The summed E-state index contributed by atoms with van der Waals surface area (Å²) < 4.78 is 1.23. The minimum atomic E-state index is 0.0766. The monoisotopic (exact) mass is 353 g/mol. The van der Waals surface area contributed by atoms with Gasteiger partial charge in [0.25, 0.3) is 5.91 Å². The zero-order valence-electron chi connectivity index (χ0n) is 8.54. The van der Waals surface area contributed by atoms with Gasteiger partial charge in [-0.05, 0) is 47.9 Å². The van der Waals surface area contributed by atoms with Crippen LogP contribution in [0.4, 0.5) is 0 Å². The number of halogens is 1. The zero-order valence-corrected chi connectivity index (χ0v) is 12.3. The van der Waals surface area contributed by atoms with Gasteiger partial charge in [-0.3, -0.25) is 4.79 Å². The average molecular weight is 353 g/mol. The number of hydrogen-bond acceptors (Lipinski definition) is 3. The third-order valence-corrected chi connectivity index (χ3v) is 6.30. The molecule has 1 unspecified atom stereocenters. The molecule has 1 aliphatic heterocycles. The molecule has 2 rings (SSSR count). The lowest BCUT2D eigenvalue weighted by atomic mass is 10.0. The number of carbonyl (C=O) groups excluding carboxylic acids is 1. The number of amides is 1. The van der Waals surface area contributed by atoms with Crippen LogP contribution in [0.2, 0.25) is 0 Å². The molecule has 1 N–H and O–H groups in total. The summed E-state index contributed by atoms with van der Waals surface area (Å²) in [5, 5.41) is 5.05. The third kappa shape index (κ3) is 2.34. The highest BCUT2D eigenvalue weighted by Crippen LogP contribution is 2.40. The summed E-state index contributed by atoms with van der Waals surface area (Å²) in [6.07, 6.45) is 0. The lowest BCUT2D eigenvalue weighted by molar-refractivity contribution is 0.0934. The van der Waals surface area contributed by atoms with Crippen molar-refractivity contribution >= 4 is 51.6 Å². The number of nitrogens with one attached hydrogen (secondary N) is 1. The topological polar surface area (TPSA) is 29.1 Å². The molecule has 1 aromatic heterocycles. The van der Waals surface area contributed by atoms with E-state index in [4.69, 9.17) is 0 Å². The molecule has 0 saturated carbocycles. The van der Waals surface area contributed by atoms with Gasteiger partial charge in [0, 0.05) is 14.1 Å². The first-order valence-corrected chi connectivity index (χ1v) is 7.63. The maximum Gasteiger partial charge on any atom is 0.262 e. The first-order chi connectivity index (χ1) is 7.00. The van der Waals surface area contributed by atoms with Crippen LogP contribution in [0.15, 0.2) is 11.4 Å². The Morgan fingerprint density at radius 1 is 1.67 bits per heavy atom. The van der Waals surface area contributed by atoms with Crippen LogP contribution in [0, 0.1) is 3.57 Å². The Balaban J connectivity index is 2.02. The van der Waals surface area contributed by atoms with E-state index in [0.717, 1.165) is 14.2 Å². The Kier molecular flexibility index (Phi) is 3.33. The molecule has 1 amide bonds. The number of carbonyl (C=O) groups is 1. The van der Waals surface area contributed by atoms with Gasteiger partial charge in [-0.2, -0.15) is 11.8 Å². The maximum absolute atomic E-state index is 11.9. The molecule has 1 fully saturated rings. The van der Waals surface area contributed by atoms with Gasteiger partial charge in [0.2, 0.25) is 0 Å². The smallest absolute Gasteiger partial charge is 0.262 e. The molecule has 1 aliphatic rings. The molecule has 0 bridgehead atoms. The highest BCUT2D eigenvalue weighted by Gasteiger charge is 2.40. The highest BCUT2D eigenvalue weighted by molar-refractivity contribution is 14.1. The second kappa shape index (κ2) is 4.25. The van der Waals surface area contributed by atoms with Gasteiger partial charge in [-0.15, -0.1) is 11.3 Å². The molecule has 2 nitrogen and oxygen atoms in total.